The number of ether oxygens (including phenoxy) is 1. The summed E-state index contributed by atoms with van der Waals surface area (Å²) in [6.45, 7) is 3.40. The third kappa shape index (κ3) is 7.11. The number of thiophene rings is 1. The van der Waals surface area contributed by atoms with Gasteiger partial charge in [-0.25, -0.2) is 13.6 Å². The van der Waals surface area contributed by atoms with Gasteiger partial charge < -0.3 is 19.9 Å². The Morgan fingerprint density at radius 2 is 1.86 bits per heavy atom. The number of aryl methyl sites for hydroxylation is 1. The minimum Gasteiger partial charge on any atom is -0.376 e. The predicted molar refractivity (Wildman–Crippen MR) is 136 cm³/mol. The van der Waals surface area contributed by atoms with Crippen LogP contribution in [0.2, 0.25) is 0 Å². The first-order valence-corrected chi connectivity index (χ1v) is 12.7. The van der Waals surface area contributed by atoms with Gasteiger partial charge in [0, 0.05) is 35.5 Å². The molecular formula is C27H29F2N3O3S. The summed E-state index contributed by atoms with van der Waals surface area (Å²) in [5.74, 6) is -1.86. The van der Waals surface area contributed by atoms with Gasteiger partial charge in [-0.15, -0.1) is 11.3 Å². The summed E-state index contributed by atoms with van der Waals surface area (Å²) < 4.78 is 33.2. The van der Waals surface area contributed by atoms with Gasteiger partial charge in [0.2, 0.25) is 5.91 Å². The Morgan fingerprint density at radius 3 is 2.53 bits per heavy atom. The normalized spacial score (nSPS) is 15.0. The molecule has 1 fully saturated rings. The van der Waals surface area contributed by atoms with E-state index in [1.165, 1.54) is 4.90 Å². The predicted octanol–water partition coefficient (Wildman–Crippen LogP) is 5.58. The first-order valence-electron chi connectivity index (χ1n) is 11.9. The Hall–Kier alpha value is -3.30. The van der Waals surface area contributed by atoms with Gasteiger partial charge in [-0.05, 0) is 49.6 Å². The Labute approximate surface area is 213 Å². The molecule has 2 heterocycles. The van der Waals surface area contributed by atoms with Crippen molar-refractivity contribution in [1.29, 1.82) is 0 Å². The molecule has 0 aliphatic carbocycles. The molecule has 0 unspecified atom stereocenters. The summed E-state index contributed by atoms with van der Waals surface area (Å²) >= 11 is 1.62. The van der Waals surface area contributed by atoms with E-state index < -0.39 is 17.7 Å². The number of carbonyl (C=O) groups is 2. The number of nitrogens with one attached hydrogen (secondary N) is 1. The zero-order valence-corrected chi connectivity index (χ0v) is 20.9. The van der Waals surface area contributed by atoms with E-state index in [2.05, 4.69) is 5.32 Å². The molecule has 1 aliphatic rings. The zero-order valence-electron chi connectivity index (χ0n) is 20.1. The Kier molecular flexibility index (Phi) is 8.66. The highest BCUT2D eigenvalue weighted by Gasteiger charge is 2.27. The molecule has 6 nitrogen and oxygen atoms in total. The van der Waals surface area contributed by atoms with Crippen molar-refractivity contribution in [2.45, 2.75) is 39.0 Å². The zero-order chi connectivity index (χ0) is 25.5. The van der Waals surface area contributed by atoms with Crippen molar-refractivity contribution in [2.24, 2.45) is 0 Å². The van der Waals surface area contributed by atoms with Crippen molar-refractivity contribution >= 4 is 29.0 Å². The fourth-order valence-electron chi connectivity index (χ4n) is 4.10. The number of urea groups is 1. The third-order valence-corrected chi connectivity index (χ3v) is 6.93. The maximum absolute atomic E-state index is 14.2. The fourth-order valence-corrected chi connectivity index (χ4v) is 5.00. The first-order chi connectivity index (χ1) is 17.4. The van der Waals surface area contributed by atoms with Crippen LogP contribution in [0.1, 0.15) is 28.2 Å². The lowest BCUT2D eigenvalue weighted by Gasteiger charge is -2.29. The van der Waals surface area contributed by atoms with Gasteiger partial charge in [0.25, 0.3) is 0 Å². The van der Waals surface area contributed by atoms with Crippen LogP contribution in [0.25, 0.3) is 0 Å². The molecule has 3 aromatic rings. The average molecular weight is 514 g/mol. The van der Waals surface area contributed by atoms with Crippen LogP contribution in [0.15, 0.2) is 60.7 Å². The van der Waals surface area contributed by atoms with E-state index in [1.54, 1.807) is 16.2 Å². The number of halogens is 2. The molecule has 3 amide bonds. The maximum atomic E-state index is 14.2. The van der Waals surface area contributed by atoms with Crippen LogP contribution in [0.3, 0.4) is 0 Å². The van der Waals surface area contributed by atoms with Gasteiger partial charge in [-0.2, -0.15) is 0 Å². The molecule has 0 spiro atoms. The van der Waals surface area contributed by atoms with Gasteiger partial charge in [0.1, 0.15) is 18.2 Å². The number of anilines is 1. The lowest BCUT2D eigenvalue weighted by atomic mass is 10.2. The number of hydrogen-bond acceptors (Lipinski definition) is 4. The highest BCUT2D eigenvalue weighted by molar-refractivity contribution is 7.11. The van der Waals surface area contributed by atoms with Crippen LogP contribution in [-0.4, -0.2) is 47.5 Å². The van der Waals surface area contributed by atoms with E-state index in [1.807, 2.05) is 49.4 Å². The van der Waals surface area contributed by atoms with Gasteiger partial charge in [-0.1, -0.05) is 30.3 Å². The summed E-state index contributed by atoms with van der Waals surface area (Å²) in [5, 5.41) is 2.48. The molecule has 190 valence electrons. The van der Waals surface area contributed by atoms with E-state index in [9.17, 15) is 18.4 Å². The van der Waals surface area contributed by atoms with E-state index in [4.69, 9.17) is 4.74 Å². The fraction of sp³-hybridized carbons (Fsp3) is 0.333. The molecule has 0 radical (unpaired) electrons. The maximum Gasteiger partial charge on any atom is 0.322 e. The second kappa shape index (κ2) is 12.1. The van der Waals surface area contributed by atoms with Gasteiger partial charge in [0.05, 0.1) is 18.3 Å². The molecule has 1 saturated heterocycles. The van der Waals surface area contributed by atoms with Crippen LogP contribution >= 0.6 is 11.3 Å². The molecule has 1 aliphatic heterocycles. The number of rotatable bonds is 9. The molecule has 1 aromatic heterocycles. The number of benzene rings is 2. The van der Waals surface area contributed by atoms with Crippen LogP contribution in [0.4, 0.5) is 19.3 Å². The molecule has 0 saturated carbocycles. The van der Waals surface area contributed by atoms with Crippen LogP contribution in [0.5, 0.6) is 0 Å². The number of hydrogen-bond donors (Lipinski definition) is 1. The molecule has 36 heavy (non-hydrogen) atoms. The monoisotopic (exact) mass is 513 g/mol. The number of nitrogens with zero attached hydrogens (tertiary/aromatic N) is 2. The SMILES string of the molecule is Cc1ccc(CN(Cc2ccccc2)C(=O)CN(C[C@H]2CCCO2)C(=O)Nc2ccc(F)cc2F)s1. The Bertz CT molecular complexity index is 1180. The molecule has 0 bridgehead atoms. The number of carbonyl (C=O) groups excluding carboxylic acids is 2. The second-order valence-corrected chi connectivity index (χ2v) is 10.2. The first kappa shape index (κ1) is 25.8. The minimum atomic E-state index is -0.884. The van der Waals surface area contributed by atoms with Crippen molar-refractivity contribution in [3.8, 4) is 0 Å². The van der Waals surface area contributed by atoms with Crippen LogP contribution in [0, 0.1) is 18.6 Å². The van der Waals surface area contributed by atoms with Crippen molar-refractivity contribution in [2.75, 3.05) is 25.0 Å². The lowest BCUT2D eigenvalue weighted by Crippen LogP contribution is -2.46. The summed E-state index contributed by atoms with van der Waals surface area (Å²) in [6.07, 6.45) is 1.44. The topological polar surface area (TPSA) is 61.9 Å². The number of amides is 3. The molecule has 1 atom stereocenters. The van der Waals surface area contributed by atoms with E-state index in [-0.39, 0.29) is 30.8 Å². The molecule has 2 aromatic carbocycles. The van der Waals surface area contributed by atoms with Gasteiger partial charge in [0.15, 0.2) is 0 Å². The van der Waals surface area contributed by atoms with Crippen molar-refractivity contribution in [3.63, 3.8) is 0 Å². The summed E-state index contributed by atoms with van der Waals surface area (Å²) in [4.78, 5) is 32.0. The summed E-state index contributed by atoms with van der Waals surface area (Å²) in [6, 6.07) is 16.0. The van der Waals surface area contributed by atoms with E-state index >= 15 is 0 Å². The smallest absolute Gasteiger partial charge is 0.322 e. The van der Waals surface area contributed by atoms with Crippen molar-refractivity contribution in [3.05, 3.63) is 87.6 Å². The molecular weight excluding hydrogens is 484 g/mol. The quantitative estimate of drug-likeness (QED) is 0.407. The largest absolute Gasteiger partial charge is 0.376 e. The van der Waals surface area contributed by atoms with Gasteiger partial charge in [-0.3, -0.25) is 4.79 Å². The van der Waals surface area contributed by atoms with E-state index in [0.29, 0.717) is 25.8 Å². The molecule has 4 rings (SSSR count). The lowest BCUT2D eigenvalue weighted by molar-refractivity contribution is -0.133. The highest BCUT2D eigenvalue weighted by atomic mass is 32.1. The summed E-state index contributed by atoms with van der Waals surface area (Å²) in [5.41, 5.74) is 0.823. The minimum absolute atomic E-state index is 0.151. The van der Waals surface area contributed by atoms with Crippen LogP contribution in [-0.2, 0) is 22.6 Å². The van der Waals surface area contributed by atoms with Crippen molar-refractivity contribution in [1.82, 2.24) is 9.80 Å². The van der Waals surface area contributed by atoms with E-state index in [0.717, 1.165) is 40.3 Å². The van der Waals surface area contributed by atoms with Crippen molar-refractivity contribution < 1.29 is 23.1 Å². The Morgan fingerprint density at radius 1 is 1.06 bits per heavy atom. The Balaban J connectivity index is 1.52. The molecule has 9 heteroatoms. The highest BCUT2D eigenvalue weighted by Crippen LogP contribution is 2.21. The average Bonchev–Trinajstić information content (AvgIpc) is 3.52. The third-order valence-electron chi connectivity index (χ3n) is 5.95. The summed E-state index contributed by atoms with van der Waals surface area (Å²) in [7, 11) is 0. The molecule has 1 N–H and O–H groups in total. The van der Waals surface area contributed by atoms with Crippen LogP contribution < -0.4 is 5.32 Å². The standard InChI is InChI=1S/C27H29F2N3O3S/c1-19-9-11-23(36-19)17-31(15-20-6-3-2-4-7-20)26(33)18-32(16-22-8-5-13-35-22)27(34)30-25-12-10-21(28)14-24(25)29/h2-4,6-7,9-12,14,22H,5,8,13,15-18H2,1H3,(H,30,34)/t22-/m1/s1. The second-order valence-electron chi connectivity index (χ2n) is 8.82. The van der Waals surface area contributed by atoms with Gasteiger partial charge >= 0.3 is 6.03 Å².